The van der Waals surface area contributed by atoms with Crippen molar-refractivity contribution in [3.8, 4) is 5.75 Å². The minimum Gasteiger partial charge on any atom is -0.414 e. The topological polar surface area (TPSA) is 54.0 Å². The summed E-state index contributed by atoms with van der Waals surface area (Å²) in [6.07, 6.45) is 7.69. The number of rotatable bonds is 8. The number of aryl methyl sites for hydroxylation is 1. The van der Waals surface area contributed by atoms with E-state index in [-0.39, 0.29) is 0 Å². The van der Waals surface area contributed by atoms with Crippen molar-refractivity contribution in [3.05, 3.63) is 29.3 Å². The Hall–Kier alpha value is -0.219. The second kappa shape index (κ2) is 9.76. The van der Waals surface area contributed by atoms with Gasteiger partial charge in [0.25, 0.3) is 0 Å². The van der Waals surface area contributed by atoms with Gasteiger partial charge in [-0.2, -0.15) is 0 Å². The van der Waals surface area contributed by atoms with Crippen molar-refractivity contribution < 1.29 is 21.9 Å². The first-order chi connectivity index (χ1) is 16.4. The van der Waals surface area contributed by atoms with Gasteiger partial charge in [0.05, 0.1) is 6.10 Å². The molecular formula is C27H49O5PSi3. The molecule has 0 aromatic heterocycles. The third kappa shape index (κ3) is 6.49. The molecule has 0 aliphatic heterocycles. The van der Waals surface area contributed by atoms with E-state index in [9.17, 15) is 4.57 Å². The lowest BCUT2D eigenvalue weighted by atomic mass is 9.55. The Bertz CT molecular complexity index is 992. The summed E-state index contributed by atoms with van der Waals surface area (Å²) in [6.45, 7) is 21.6. The van der Waals surface area contributed by atoms with Gasteiger partial charge in [-0.05, 0) is 144 Å². The minimum atomic E-state index is -3.68. The summed E-state index contributed by atoms with van der Waals surface area (Å²) in [5.41, 5.74) is 3.14. The predicted molar refractivity (Wildman–Crippen MR) is 156 cm³/mol. The molecule has 5 atom stereocenters. The van der Waals surface area contributed by atoms with Crippen molar-refractivity contribution in [2.45, 2.75) is 116 Å². The Morgan fingerprint density at radius 3 is 2.08 bits per heavy atom. The summed E-state index contributed by atoms with van der Waals surface area (Å²) >= 11 is 0. The van der Waals surface area contributed by atoms with Crippen LogP contribution in [0.1, 0.15) is 56.1 Å². The molecule has 36 heavy (non-hydrogen) atoms. The fourth-order valence-electron chi connectivity index (χ4n) is 7.04. The summed E-state index contributed by atoms with van der Waals surface area (Å²) in [4.78, 5) is 0. The summed E-state index contributed by atoms with van der Waals surface area (Å²) in [5, 5.41) is 0. The number of phosphoric acid groups is 1. The second-order valence-corrected chi connectivity index (χ2v) is 30.0. The molecular weight excluding hydrogens is 520 g/mol. The molecule has 0 saturated heterocycles. The van der Waals surface area contributed by atoms with Gasteiger partial charge in [-0.3, -0.25) is 0 Å². The number of hydrogen-bond donors (Lipinski definition) is 0. The Balaban J connectivity index is 1.54. The third-order valence-electron chi connectivity index (χ3n) is 8.10. The zero-order chi connectivity index (χ0) is 26.7. The molecule has 4 rings (SSSR count). The number of benzene rings is 1. The van der Waals surface area contributed by atoms with Gasteiger partial charge in [0.2, 0.25) is 0 Å². The first-order valence-electron chi connectivity index (χ1n) is 13.9. The molecule has 9 heteroatoms. The molecule has 0 radical (unpaired) electrons. The maximum Gasteiger partial charge on any atom is 0.510 e. The van der Waals surface area contributed by atoms with E-state index in [1.165, 1.54) is 43.2 Å². The van der Waals surface area contributed by atoms with Crippen molar-refractivity contribution in [3.63, 3.8) is 0 Å². The average Bonchev–Trinajstić information content (AvgIpc) is 2.99. The van der Waals surface area contributed by atoms with E-state index in [1.54, 1.807) is 0 Å². The zero-order valence-electron chi connectivity index (χ0n) is 24.3. The van der Waals surface area contributed by atoms with Gasteiger partial charge in [0, 0.05) is 0 Å². The van der Waals surface area contributed by atoms with Gasteiger partial charge in [-0.15, -0.1) is 0 Å². The highest BCUT2D eigenvalue weighted by atomic mass is 31.2. The molecule has 1 aromatic rings. The lowest BCUT2D eigenvalue weighted by Gasteiger charge is -2.51. The van der Waals surface area contributed by atoms with Crippen LogP contribution in [0.3, 0.4) is 0 Å². The first-order valence-corrected chi connectivity index (χ1v) is 25.6. The lowest BCUT2D eigenvalue weighted by Crippen LogP contribution is -2.47. The van der Waals surface area contributed by atoms with Crippen LogP contribution in [0.25, 0.3) is 0 Å². The zero-order valence-corrected chi connectivity index (χ0v) is 28.2. The van der Waals surface area contributed by atoms with E-state index < -0.39 is 32.8 Å². The van der Waals surface area contributed by atoms with Crippen LogP contribution in [0.15, 0.2) is 18.2 Å². The van der Waals surface area contributed by atoms with Crippen molar-refractivity contribution in [1.82, 2.24) is 0 Å². The van der Waals surface area contributed by atoms with Crippen molar-refractivity contribution in [2.24, 2.45) is 17.3 Å². The first kappa shape index (κ1) is 28.8. The molecule has 2 fully saturated rings. The van der Waals surface area contributed by atoms with Gasteiger partial charge < -0.3 is 17.4 Å². The third-order valence-corrected chi connectivity index (χ3v) is 15.7. The predicted octanol–water partition coefficient (Wildman–Crippen LogP) is 8.95. The Labute approximate surface area is 223 Å². The molecule has 5 nitrogen and oxygen atoms in total. The van der Waals surface area contributed by atoms with Crippen LogP contribution < -0.4 is 4.52 Å². The maximum absolute atomic E-state index is 13.7. The summed E-state index contributed by atoms with van der Waals surface area (Å²) in [5.74, 6) is 2.69. The van der Waals surface area contributed by atoms with Crippen LogP contribution in [0.5, 0.6) is 5.75 Å². The smallest absolute Gasteiger partial charge is 0.414 e. The van der Waals surface area contributed by atoms with Gasteiger partial charge in [-0.1, -0.05) is 13.0 Å². The molecule has 0 N–H and O–H groups in total. The Morgan fingerprint density at radius 2 is 1.50 bits per heavy atom. The quantitative estimate of drug-likeness (QED) is 0.231. The molecule has 2 saturated carbocycles. The lowest BCUT2D eigenvalue weighted by molar-refractivity contribution is -0.0140. The van der Waals surface area contributed by atoms with Crippen LogP contribution >= 0.6 is 7.82 Å². The molecule has 3 aliphatic carbocycles. The van der Waals surface area contributed by atoms with E-state index in [0.29, 0.717) is 23.2 Å². The number of fused-ring (bicyclic) bond motifs is 5. The van der Waals surface area contributed by atoms with Gasteiger partial charge >= 0.3 is 7.82 Å². The van der Waals surface area contributed by atoms with Gasteiger partial charge in [-0.25, -0.2) is 4.57 Å². The van der Waals surface area contributed by atoms with Crippen LogP contribution in [0, 0.1) is 17.3 Å². The molecule has 0 bridgehead atoms. The Kier molecular flexibility index (Phi) is 7.80. The maximum atomic E-state index is 13.7. The van der Waals surface area contributed by atoms with E-state index in [4.69, 9.17) is 17.4 Å². The van der Waals surface area contributed by atoms with Gasteiger partial charge in [0.1, 0.15) is 5.75 Å². The summed E-state index contributed by atoms with van der Waals surface area (Å²) in [6, 6.07) is 6.34. The molecule has 0 amide bonds. The summed E-state index contributed by atoms with van der Waals surface area (Å²) in [7, 11) is -9.51. The highest BCUT2D eigenvalue weighted by molar-refractivity contribution is 7.52. The van der Waals surface area contributed by atoms with E-state index in [0.717, 1.165) is 18.3 Å². The van der Waals surface area contributed by atoms with Crippen LogP contribution in [-0.4, -0.2) is 31.1 Å². The highest BCUT2D eigenvalue weighted by Gasteiger charge is 2.55. The second-order valence-electron chi connectivity index (χ2n) is 14.6. The molecule has 204 valence electrons. The largest absolute Gasteiger partial charge is 0.510 e. The fraction of sp³-hybridized carbons (Fsp3) is 0.778. The normalized spacial score (nSPS) is 30.9. The average molecular weight is 569 g/mol. The molecule has 0 heterocycles. The standard InChI is InChI=1S/C27H49O5PSi3/c1-27-18-17-23-22-14-12-21(29-33(28,31-35(5,6)7)32-36(8,9)10)19-20(22)11-13-24(23)25(27)15-16-26(27)30-34(2,3)4/h12,14,19,23-26H,11,13,15-18H2,1-10H3. The van der Waals surface area contributed by atoms with E-state index in [2.05, 4.69) is 38.7 Å². The monoisotopic (exact) mass is 568 g/mol. The minimum absolute atomic E-state index is 0.316. The van der Waals surface area contributed by atoms with E-state index >= 15 is 0 Å². The van der Waals surface area contributed by atoms with Crippen LogP contribution in [-0.2, 0) is 23.8 Å². The van der Waals surface area contributed by atoms with Crippen molar-refractivity contribution in [1.29, 1.82) is 0 Å². The van der Waals surface area contributed by atoms with Crippen molar-refractivity contribution in [2.75, 3.05) is 0 Å². The molecule has 3 aliphatic rings. The summed E-state index contributed by atoms with van der Waals surface area (Å²) < 4.78 is 38.5. The Morgan fingerprint density at radius 1 is 0.861 bits per heavy atom. The van der Waals surface area contributed by atoms with Gasteiger partial charge in [0.15, 0.2) is 25.0 Å². The fourth-order valence-corrected chi connectivity index (χ4v) is 14.8. The van der Waals surface area contributed by atoms with E-state index in [1.807, 2.05) is 45.3 Å². The van der Waals surface area contributed by atoms with Crippen molar-refractivity contribution >= 4 is 32.8 Å². The SMILES string of the molecule is CC12CCC3c4ccc(OP(=O)(O[Si](C)(C)C)O[Si](C)(C)C)cc4CCC3C1CCC2O[Si](C)(C)C. The molecule has 0 spiro atoms. The van der Waals surface area contributed by atoms with Crippen LogP contribution in [0.4, 0.5) is 0 Å². The molecule has 5 unspecified atom stereocenters. The van der Waals surface area contributed by atoms with Crippen LogP contribution in [0.2, 0.25) is 58.9 Å². The highest BCUT2D eigenvalue weighted by Crippen LogP contribution is 2.62. The number of hydrogen-bond acceptors (Lipinski definition) is 5. The molecule has 1 aromatic carbocycles.